The summed E-state index contributed by atoms with van der Waals surface area (Å²) in [4.78, 5) is 24.9. The minimum Gasteiger partial charge on any atom is -0.343 e. The van der Waals surface area contributed by atoms with Crippen LogP contribution >= 0.6 is 0 Å². The van der Waals surface area contributed by atoms with Gasteiger partial charge in [0.25, 0.3) is 5.91 Å². The fraction of sp³-hybridized carbons (Fsp3) is 0.0714. The molecule has 0 atom stereocenters. The van der Waals surface area contributed by atoms with E-state index in [9.17, 15) is 9.59 Å². The van der Waals surface area contributed by atoms with E-state index >= 15 is 0 Å². The van der Waals surface area contributed by atoms with E-state index in [0.29, 0.717) is 5.56 Å². The minimum absolute atomic E-state index is 0.0983. The van der Waals surface area contributed by atoms with Gasteiger partial charge in [0.1, 0.15) is 0 Å². The zero-order chi connectivity index (χ0) is 22.2. The molecule has 158 valence electrons. The molecule has 0 heterocycles. The molecule has 0 saturated carbocycles. The predicted molar refractivity (Wildman–Crippen MR) is 129 cm³/mol. The molecule has 2 N–H and O–H groups in total. The van der Waals surface area contributed by atoms with Crippen molar-refractivity contribution < 1.29 is 9.59 Å². The summed E-state index contributed by atoms with van der Waals surface area (Å²) in [5.74, 6) is -0.544. The van der Waals surface area contributed by atoms with Gasteiger partial charge in [-0.1, -0.05) is 91.0 Å². The largest absolute Gasteiger partial charge is 0.343 e. The highest BCUT2D eigenvalue weighted by molar-refractivity contribution is 5.99. The van der Waals surface area contributed by atoms with Crippen LogP contribution in [0.15, 0.2) is 109 Å². The topological polar surface area (TPSA) is 58.2 Å². The molecule has 0 bridgehead atoms. The van der Waals surface area contributed by atoms with E-state index < -0.39 is 0 Å². The molecular formula is C28H24N2O2. The van der Waals surface area contributed by atoms with Crippen molar-refractivity contribution in [3.8, 4) is 11.1 Å². The van der Waals surface area contributed by atoms with Gasteiger partial charge in [0.2, 0.25) is 5.91 Å². The normalized spacial score (nSPS) is 10.4. The molecule has 4 heteroatoms. The van der Waals surface area contributed by atoms with Crippen molar-refractivity contribution in [1.82, 2.24) is 5.32 Å². The Morgan fingerprint density at radius 2 is 1.22 bits per heavy atom. The summed E-state index contributed by atoms with van der Waals surface area (Å²) in [5, 5.41) is 5.61. The molecule has 0 spiro atoms. The maximum absolute atomic E-state index is 12.5. The first kappa shape index (κ1) is 21.1. The first-order valence-electron chi connectivity index (χ1n) is 10.5. The van der Waals surface area contributed by atoms with Crippen molar-refractivity contribution in [2.75, 3.05) is 11.9 Å². The van der Waals surface area contributed by atoms with Gasteiger partial charge in [0, 0.05) is 11.3 Å². The molecule has 2 amide bonds. The summed E-state index contributed by atoms with van der Waals surface area (Å²) in [6.07, 6.45) is 0.720. The molecular weight excluding hydrogens is 396 g/mol. The highest BCUT2D eigenvalue weighted by atomic mass is 16.2. The van der Waals surface area contributed by atoms with Gasteiger partial charge in [-0.15, -0.1) is 0 Å². The van der Waals surface area contributed by atoms with Gasteiger partial charge in [-0.3, -0.25) is 9.59 Å². The lowest BCUT2D eigenvalue weighted by Crippen LogP contribution is -2.33. The molecule has 4 nitrogen and oxygen atoms in total. The second-order valence-corrected chi connectivity index (χ2v) is 7.49. The zero-order valence-electron chi connectivity index (χ0n) is 17.6. The third-order valence-electron chi connectivity index (χ3n) is 5.19. The van der Waals surface area contributed by atoms with E-state index in [1.54, 1.807) is 12.1 Å². The molecule has 0 aromatic heterocycles. The average Bonchev–Trinajstić information content (AvgIpc) is 2.85. The van der Waals surface area contributed by atoms with Crippen molar-refractivity contribution in [2.45, 2.75) is 6.42 Å². The van der Waals surface area contributed by atoms with Crippen LogP contribution in [0.5, 0.6) is 0 Å². The molecule has 32 heavy (non-hydrogen) atoms. The first-order valence-corrected chi connectivity index (χ1v) is 10.5. The summed E-state index contributed by atoms with van der Waals surface area (Å²) < 4.78 is 0. The van der Waals surface area contributed by atoms with Crippen molar-refractivity contribution in [1.29, 1.82) is 0 Å². The summed E-state index contributed by atoms with van der Waals surface area (Å²) in [6, 6.07) is 35.1. The molecule has 0 aliphatic carbocycles. The lowest BCUT2D eigenvalue weighted by atomic mass is 10.0. The fourth-order valence-electron chi connectivity index (χ4n) is 3.51. The molecule has 4 rings (SSSR count). The Labute approximate surface area is 187 Å². The monoisotopic (exact) mass is 420 g/mol. The average molecular weight is 421 g/mol. The molecule has 0 saturated heterocycles. The second kappa shape index (κ2) is 10.2. The van der Waals surface area contributed by atoms with Crippen LogP contribution in [-0.4, -0.2) is 18.4 Å². The maximum atomic E-state index is 12.5. The van der Waals surface area contributed by atoms with Crippen LogP contribution in [0.25, 0.3) is 11.1 Å². The van der Waals surface area contributed by atoms with Gasteiger partial charge in [-0.05, 0) is 46.9 Å². The van der Waals surface area contributed by atoms with Crippen molar-refractivity contribution in [2.24, 2.45) is 0 Å². The lowest BCUT2D eigenvalue weighted by molar-refractivity contribution is -0.115. The quantitative estimate of drug-likeness (QED) is 0.426. The molecule has 0 fully saturated rings. The minimum atomic E-state index is -0.280. The van der Waals surface area contributed by atoms with Crippen molar-refractivity contribution >= 4 is 17.5 Å². The van der Waals surface area contributed by atoms with Gasteiger partial charge >= 0.3 is 0 Å². The molecule has 0 aliphatic heterocycles. The number of rotatable bonds is 7. The van der Waals surface area contributed by atoms with Crippen LogP contribution in [0, 0.1) is 0 Å². The predicted octanol–water partition coefficient (Wildman–Crippen LogP) is 5.31. The van der Waals surface area contributed by atoms with E-state index in [-0.39, 0.29) is 18.4 Å². The van der Waals surface area contributed by atoms with Crippen molar-refractivity contribution in [3.05, 3.63) is 126 Å². The number of hydrogen-bond donors (Lipinski definition) is 2. The third-order valence-corrected chi connectivity index (χ3v) is 5.19. The Kier molecular flexibility index (Phi) is 6.73. The van der Waals surface area contributed by atoms with Crippen LogP contribution in [-0.2, 0) is 11.2 Å². The highest BCUT2D eigenvalue weighted by Gasteiger charge is 2.11. The number of amides is 2. The van der Waals surface area contributed by atoms with Gasteiger partial charge < -0.3 is 10.6 Å². The highest BCUT2D eigenvalue weighted by Crippen LogP contribution is 2.20. The Hall–Kier alpha value is -4.18. The van der Waals surface area contributed by atoms with E-state index in [1.165, 1.54) is 5.56 Å². The number of benzene rings is 4. The lowest BCUT2D eigenvalue weighted by Gasteiger charge is -2.12. The van der Waals surface area contributed by atoms with E-state index in [1.807, 2.05) is 84.9 Å². The summed E-state index contributed by atoms with van der Waals surface area (Å²) in [5.41, 5.74) is 5.59. The van der Waals surface area contributed by atoms with Crippen LogP contribution in [0.3, 0.4) is 0 Å². The third kappa shape index (κ3) is 5.49. The van der Waals surface area contributed by atoms with E-state index in [2.05, 4.69) is 22.8 Å². The summed E-state index contributed by atoms with van der Waals surface area (Å²) in [6.45, 7) is -0.0983. The van der Waals surface area contributed by atoms with Gasteiger partial charge in [0.15, 0.2) is 0 Å². The first-order chi connectivity index (χ1) is 15.7. The van der Waals surface area contributed by atoms with Crippen LogP contribution in [0.4, 0.5) is 5.69 Å². The summed E-state index contributed by atoms with van der Waals surface area (Å²) in [7, 11) is 0. The molecule has 0 radical (unpaired) electrons. The van der Waals surface area contributed by atoms with Gasteiger partial charge in [-0.2, -0.15) is 0 Å². The summed E-state index contributed by atoms with van der Waals surface area (Å²) >= 11 is 0. The molecule has 4 aromatic rings. The van der Waals surface area contributed by atoms with Gasteiger partial charge in [0.05, 0.1) is 6.54 Å². The van der Waals surface area contributed by atoms with E-state index in [0.717, 1.165) is 28.8 Å². The Bertz CT molecular complexity index is 1190. The van der Waals surface area contributed by atoms with E-state index in [4.69, 9.17) is 0 Å². The van der Waals surface area contributed by atoms with Crippen LogP contribution in [0.1, 0.15) is 21.5 Å². The number of nitrogens with one attached hydrogen (secondary N) is 2. The van der Waals surface area contributed by atoms with Crippen LogP contribution < -0.4 is 10.6 Å². The number of anilines is 1. The number of para-hydroxylation sites is 1. The fourth-order valence-corrected chi connectivity index (χ4v) is 3.51. The zero-order valence-corrected chi connectivity index (χ0v) is 17.6. The van der Waals surface area contributed by atoms with Gasteiger partial charge in [-0.25, -0.2) is 0 Å². The molecule has 0 aliphatic rings. The van der Waals surface area contributed by atoms with Crippen molar-refractivity contribution in [3.63, 3.8) is 0 Å². The number of carbonyl (C=O) groups excluding carboxylic acids is 2. The number of carbonyl (C=O) groups is 2. The number of hydrogen-bond acceptors (Lipinski definition) is 2. The van der Waals surface area contributed by atoms with Crippen LogP contribution in [0.2, 0.25) is 0 Å². The maximum Gasteiger partial charge on any atom is 0.251 e. The smallest absolute Gasteiger partial charge is 0.251 e. The molecule has 0 unspecified atom stereocenters. The Balaban J connectivity index is 1.34. The second-order valence-electron chi connectivity index (χ2n) is 7.49. The Morgan fingerprint density at radius 1 is 0.625 bits per heavy atom. The molecule has 4 aromatic carbocycles. The Morgan fingerprint density at radius 3 is 1.94 bits per heavy atom. The standard InChI is InChI=1S/C28H24N2O2/c31-27(30-26-14-8-7-13-25(26)19-21-9-3-1-4-10-21)20-29-28(32)24-17-15-23(16-18-24)22-11-5-2-6-12-22/h1-18H,19-20H2,(H,29,32)(H,30,31). The SMILES string of the molecule is O=C(CNC(=O)c1ccc(-c2ccccc2)cc1)Nc1ccccc1Cc1ccccc1.